The van der Waals surface area contributed by atoms with Gasteiger partial charge >= 0.3 is 0 Å². The Labute approximate surface area is 139 Å². The molecule has 2 rings (SSSR count). The van der Waals surface area contributed by atoms with Gasteiger partial charge in [-0.05, 0) is 62.0 Å². The molecule has 0 spiro atoms. The summed E-state index contributed by atoms with van der Waals surface area (Å²) in [6.07, 6.45) is 1.11. The maximum atomic E-state index is 5.83. The SMILES string of the molecule is CCCNC(c1cc(Br)ccc1OCC)c1sccc1C. The van der Waals surface area contributed by atoms with E-state index in [9.17, 15) is 0 Å². The third-order valence-electron chi connectivity index (χ3n) is 3.35. The first kappa shape index (κ1) is 16.5. The second-order valence-corrected chi connectivity index (χ2v) is 6.83. The molecule has 0 aliphatic heterocycles. The van der Waals surface area contributed by atoms with E-state index in [1.807, 2.05) is 19.1 Å². The summed E-state index contributed by atoms with van der Waals surface area (Å²) in [5.74, 6) is 0.960. The van der Waals surface area contributed by atoms with E-state index in [2.05, 4.69) is 52.6 Å². The highest BCUT2D eigenvalue weighted by Gasteiger charge is 2.21. The summed E-state index contributed by atoms with van der Waals surface area (Å²) in [6, 6.07) is 8.61. The van der Waals surface area contributed by atoms with Crippen LogP contribution in [0.25, 0.3) is 0 Å². The zero-order valence-corrected chi connectivity index (χ0v) is 15.2. The van der Waals surface area contributed by atoms with Crippen LogP contribution in [0.5, 0.6) is 5.75 Å². The molecule has 0 bridgehead atoms. The van der Waals surface area contributed by atoms with E-state index in [4.69, 9.17) is 4.74 Å². The summed E-state index contributed by atoms with van der Waals surface area (Å²) < 4.78 is 6.92. The average Bonchev–Trinajstić information content (AvgIpc) is 2.88. The van der Waals surface area contributed by atoms with Gasteiger partial charge in [0, 0.05) is 14.9 Å². The Morgan fingerprint density at radius 1 is 1.29 bits per heavy atom. The Kier molecular flexibility index (Phi) is 6.27. The smallest absolute Gasteiger partial charge is 0.124 e. The van der Waals surface area contributed by atoms with Crippen LogP contribution in [-0.2, 0) is 0 Å². The molecule has 0 saturated carbocycles. The molecule has 1 atom stereocenters. The third-order valence-corrected chi connectivity index (χ3v) is 4.92. The van der Waals surface area contributed by atoms with Crippen LogP contribution >= 0.6 is 27.3 Å². The minimum atomic E-state index is 0.184. The van der Waals surface area contributed by atoms with E-state index < -0.39 is 0 Å². The number of thiophene rings is 1. The summed E-state index contributed by atoms with van der Waals surface area (Å²) in [4.78, 5) is 1.36. The van der Waals surface area contributed by atoms with Gasteiger partial charge in [0.25, 0.3) is 0 Å². The maximum Gasteiger partial charge on any atom is 0.124 e. The first-order valence-corrected chi connectivity index (χ1v) is 9.04. The lowest BCUT2D eigenvalue weighted by atomic mass is 10.0. The van der Waals surface area contributed by atoms with Crippen molar-refractivity contribution in [3.05, 3.63) is 50.1 Å². The lowest BCUT2D eigenvalue weighted by Crippen LogP contribution is -2.23. The molecule has 114 valence electrons. The molecule has 1 heterocycles. The van der Waals surface area contributed by atoms with Gasteiger partial charge in [0.2, 0.25) is 0 Å². The van der Waals surface area contributed by atoms with E-state index in [0.29, 0.717) is 6.61 Å². The summed E-state index contributed by atoms with van der Waals surface area (Å²) in [6.45, 7) is 8.05. The lowest BCUT2D eigenvalue weighted by molar-refractivity contribution is 0.333. The molecule has 21 heavy (non-hydrogen) atoms. The van der Waals surface area contributed by atoms with Gasteiger partial charge in [0.05, 0.1) is 12.6 Å². The first-order valence-electron chi connectivity index (χ1n) is 7.37. The lowest BCUT2D eigenvalue weighted by Gasteiger charge is -2.22. The summed E-state index contributed by atoms with van der Waals surface area (Å²) in [5.41, 5.74) is 2.53. The molecule has 1 aromatic carbocycles. The molecule has 0 radical (unpaired) electrons. The van der Waals surface area contributed by atoms with Gasteiger partial charge in [-0.3, -0.25) is 0 Å². The number of rotatable bonds is 7. The van der Waals surface area contributed by atoms with Gasteiger partial charge in [0.15, 0.2) is 0 Å². The highest BCUT2D eigenvalue weighted by atomic mass is 79.9. The Bertz CT molecular complexity index is 582. The quantitative estimate of drug-likeness (QED) is 0.715. The zero-order chi connectivity index (χ0) is 15.2. The third kappa shape index (κ3) is 4.09. The molecule has 2 aromatic rings. The van der Waals surface area contributed by atoms with Crippen molar-refractivity contribution >= 4 is 27.3 Å². The highest BCUT2D eigenvalue weighted by Crippen LogP contribution is 2.36. The second-order valence-electron chi connectivity index (χ2n) is 4.97. The Hall–Kier alpha value is -0.840. The zero-order valence-electron chi connectivity index (χ0n) is 12.8. The van der Waals surface area contributed by atoms with Crippen LogP contribution in [0.2, 0.25) is 0 Å². The molecular formula is C17H22BrNOS. The van der Waals surface area contributed by atoms with E-state index in [1.165, 1.54) is 16.0 Å². The Morgan fingerprint density at radius 3 is 2.71 bits per heavy atom. The van der Waals surface area contributed by atoms with Crippen LogP contribution < -0.4 is 10.1 Å². The molecule has 4 heteroatoms. The van der Waals surface area contributed by atoms with Gasteiger partial charge in [-0.2, -0.15) is 0 Å². The molecule has 0 fully saturated rings. The fraction of sp³-hybridized carbons (Fsp3) is 0.412. The van der Waals surface area contributed by atoms with Crippen LogP contribution in [0.1, 0.15) is 42.3 Å². The van der Waals surface area contributed by atoms with Crippen molar-refractivity contribution in [2.75, 3.05) is 13.2 Å². The number of hydrogen-bond donors (Lipinski definition) is 1. The van der Waals surface area contributed by atoms with Crippen molar-refractivity contribution in [3.8, 4) is 5.75 Å². The molecule has 2 nitrogen and oxygen atoms in total. The molecule has 1 N–H and O–H groups in total. The highest BCUT2D eigenvalue weighted by molar-refractivity contribution is 9.10. The second kappa shape index (κ2) is 7.97. The van der Waals surface area contributed by atoms with Gasteiger partial charge in [-0.25, -0.2) is 0 Å². The standard InChI is InChI=1S/C17H22BrNOS/c1-4-9-19-16(17-12(3)8-10-21-17)14-11-13(18)6-7-15(14)20-5-2/h6-8,10-11,16,19H,4-5,9H2,1-3H3. The number of benzene rings is 1. The van der Waals surface area contributed by atoms with Crippen molar-refractivity contribution < 1.29 is 4.74 Å². The van der Waals surface area contributed by atoms with E-state index >= 15 is 0 Å². The number of nitrogens with one attached hydrogen (secondary N) is 1. The van der Waals surface area contributed by atoms with Crippen molar-refractivity contribution in [2.45, 2.75) is 33.2 Å². The first-order chi connectivity index (χ1) is 10.2. The largest absolute Gasteiger partial charge is 0.494 e. The van der Waals surface area contributed by atoms with Crippen LogP contribution in [0.4, 0.5) is 0 Å². The van der Waals surface area contributed by atoms with E-state index in [1.54, 1.807) is 11.3 Å². The van der Waals surface area contributed by atoms with Gasteiger partial charge in [-0.1, -0.05) is 22.9 Å². The predicted molar refractivity (Wildman–Crippen MR) is 94.5 cm³/mol. The summed E-state index contributed by atoms with van der Waals surface area (Å²) in [7, 11) is 0. The van der Waals surface area contributed by atoms with Crippen molar-refractivity contribution in [1.82, 2.24) is 5.32 Å². The summed E-state index contributed by atoms with van der Waals surface area (Å²) in [5, 5.41) is 5.82. The molecule has 0 aliphatic carbocycles. The molecular weight excluding hydrogens is 346 g/mol. The number of hydrogen-bond acceptors (Lipinski definition) is 3. The summed E-state index contributed by atoms with van der Waals surface area (Å²) >= 11 is 5.39. The molecule has 1 unspecified atom stereocenters. The van der Waals surface area contributed by atoms with Crippen LogP contribution in [0, 0.1) is 6.92 Å². The minimum absolute atomic E-state index is 0.184. The molecule has 0 aliphatic rings. The van der Waals surface area contributed by atoms with Gasteiger partial charge in [0.1, 0.15) is 5.75 Å². The van der Waals surface area contributed by atoms with Gasteiger partial charge in [-0.15, -0.1) is 11.3 Å². The van der Waals surface area contributed by atoms with Crippen molar-refractivity contribution in [3.63, 3.8) is 0 Å². The maximum absolute atomic E-state index is 5.83. The Morgan fingerprint density at radius 2 is 2.10 bits per heavy atom. The Balaban J connectivity index is 2.45. The average molecular weight is 368 g/mol. The monoisotopic (exact) mass is 367 g/mol. The minimum Gasteiger partial charge on any atom is -0.494 e. The normalized spacial score (nSPS) is 12.4. The van der Waals surface area contributed by atoms with Gasteiger partial charge < -0.3 is 10.1 Å². The van der Waals surface area contributed by atoms with Crippen LogP contribution in [0.15, 0.2) is 34.1 Å². The van der Waals surface area contributed by atoms with Crippen molar-refractivity contribution in [2.24, 2.45) is 0 Å². The van der Waals surface area contributed by atoms with Crippen LogP contribution in [0.3, 0.4) is 0 Å². The topological polar surface area (TPSA) is 21.3 Å². The predicted octanol–water partition coefficient (Wildman–Crippen LogP) is 5.31. The van der Waals surface area contributed by atoms with Crippen molar-refractivity contribution in [1.29, 1.82) is 0 Å². The molecule has 0 saturated heterocycles. The molecule has 1 aromatic heterocycles. The fourth-order valence-electron chi connectivity index (χ4n) is 2.34. The van der Waals surface area contributed by atoms with E-state index in [0.717, 1.165) is 23.2 Å². The number of halogens is 1. The molecule has 0 amide bonds. The van der Waals surface area contributed by atoms with E-state index in [-0.39, 0.29) is 6.04 Å². The number of aryl methyl sites for hydroxylation is 1. The van der Waals surface area contributed by atoms with Crippen LogP contribution in [-0.4, -0.2) is 13.2 Å². The fourth-order valence-corrected chi connectivity index (χ4v) is 3.74. The number of ether oxygens (including phenoxy) is 1.